The zero-order valence-electron chi connectivity index (χ0n) is 10.9. The normalized spacial score (nSPS) is 10.8. The first kappa shape index (κ1) is 12.1. The standard InChI is InChI=1S/C18H15P/c1-14-7-9-16(10-8-14)18-11-17(12-19-13-18)15-5-3-2-4-6-15/h2-13H,1H3. The van der Waals surface area contributed by atoms with Crippen molar-refractivity contribution in [1.29, 1.82) is 0 Å². The molecule has 3 aromatic rings. The summed E-state index contributed by atoms with van der Waals surface area (Å²) in [7, 11) is 1.25. The second kappa shape index (κ2) is 5.38. The van der Waals surface area contributed by atoms with Gasteiger partial charge in [-0.25, -0.2) is 0 Å². The fraction of sp³-hybridized carbons (Fsp3) is 0.0556. The Labute approximate surface area is 115 Å². The molecule has 0 amide bonds. The van der Waals surface area contributed by atoms with Crippen LogP contribution in [0.1, 0.15) is 5.56 Å². The molecule has 1 heterocycles. The first-order valence-corrected chi connectivity index (χ1v) is 7.44. The number of hydrogen-bond acceptors (Lipinski definition) is 0. The van der Waals surface area contributed by atoms with E-state index >= 15 is 0 Å². The molecule has 0 aliphatic heterocycles. The monoisotopic (exact) mass is 262 g/mol. The van der Waals surface area contributed by atoms with Gasteiger partial charge in [0, 0.05) is 0 Å². The molecule has 0 N–H and O–H groups in total. The molecular formula is C18H15P. The van der Waals surface area contributed by atoms with Crippen LogP contribution >= 0.6 is 8.19 Å². The molecule has 1 aromatic heterocycles. The van der Waals surface area contributed by atoms with E-state index in [2.05, 4.69) is 79.2 Å². The van der Waals surface area contributed by atoms with E-state index in [1.807, 2.05) is 0 Å². The van der Waals surface area contributed by atoms with Gasteiger partial charge in [0.05, 0.1) is 0 Å². The second-order valence-electron chi connectivity index (χ2n) is 4.69. The van der Waals surface area contributed by atoms with E-state index in [0.717, 1.165) is 0 Å². The summed E-state index contributed by atoms with van der Waals surface area (Å²) in [6, 6.07) is 21.6. The van der Waals surface area contributed by atoms with Crippen molar-refractivity contribution >= 4 is 8.19 Å². The van der Waals surface area contributed by atoms with Crippen molar-refractivity contribution in [3.8, 4) is 22.3 Å². The number of benzene rings is 2. The maximum atomic E-state index is 2.27. The summed E-state index contributed by atoms with van der Waals surface area (Å²) < 4.78 is 0. The molecular weight excluding hydrogens is 247 g/mol. The van der Waals surface area contributed by atoms with Gasteiger partial charge in [-0.1, -0.05) is 68.4 Å². The topological polar surface area (TPSA) is 0 Å². The summed E-state index contributed by atoms with van der Waals surface area (Å²) in [5.41, 5.74) is 6.49. The summed E-state index contributed by atoms with van der Waals surface area (Å²) in [6.07, 6.45) is 0. The maximum absolute atomic E-state index is 2.27. The molecule has 0 saturated carbocycles. The number of rotatable bonds is 2. The van der Waals surface area contributed by atoms with Gasteiger partial charge in [-0.15, -0.1) is 0 Å². The van der Waals surface area contributed by atoms with Gasteiger partial charge in [-0.2, -0.15) is 0 Å². The highest BCUT2D eigenvalue weighted by Gasteiger charge is 2.01. The molecule has 0 atom stereocenters. The van der Waals surface area contributed by atoms with E-state index in [4.69, 9.17) is 0 Å². The lowest BCUT2D eigenvalue weighted by molar-refractivity contribution is 1.47. The smallest absolute Gasteiger partial charge is 0.0132 e. The van der Waals surface area contributed by atoms with Gasteiger partial charge >= 0.3 is 0 Å². The molecule has 0 nitrogen and oxygen atoms in total. The third-order valence-corrected chi connectivity index (χ3v) is 4.08. The molecule has 2 aromatic carbocycles. The molecule has 0 spiro atoms. The summed E-state index contributed by atoms with van der Waals surface area (Å²) in [5.74, 6) is 4.52. The maximum Gasteiger partial charge on any atom is -0.0132 e. The van der Waals surface area contributed by atoms with Crippen LogP contribution in [0.2, 0.25) is 0 Å². The molecule has 0 unspecified atom stereocenters. The lowest BCUT2D eigenvalue weighted by Gasteiger charge is -2.06. The van der Waals surface area contributed by atoms with Crippen LogP contribution in [0.3, 0.4) is 0 Å². The lowest BCUT2D eigenvalue weighted by atomic mass is 10.0. The van der Waals surface area contributed by atoms with Gasteiger partial charge in [-0.3, -0.25) is 0 Å². The Morgan fingerprint density at radius 3 is 1.84 bits per heavy atom. The fourth-order valence-electron chi connectivity index (χ4n) is 2.13. The van der Waals surface area contributed by atoms with E-state index in [1.165, 1.54) is 36.0 Å². The van der Waals surface area contributed by atoms with Crippen molar-refractivity contribution in [2.45, 2.75) is 6.92 Å². The van der Waals surface area contributed by atoms with Crippen LogP contribution in [0, 0.1) is 6.92 Å². The van der Waals surface area contributed by atoms with Crippen molar-refractivity contribution in [2.24, 2.45) is 0 Å². The Balaban J connectivity index is 2.03. The van der Waals surface area contributed by atoms with Crippen molar-refractivity contribution in [1.82, 2.24) is 0 Å². The average Bonchev–Trinajstić information content (AvgIpc) is 2.49. The molecule has 0 bridgehead atoms. The van der Waals surface area contributed by atoms with Crippen molar-refractivity contribution in [2.75, 3.05) is 0 Å². The third-order valence-electron chi connectivity index (χ3n) is 3.23. The van der Waals surface area contributed by atoms with Crippen molar-refractivity contribution in [3.63, 3.8) is 0 Å². The van der Waals surface area contributed by atoms with Crippen LogP contribution in [0.15, 0.2) is 72.3 Å². The van der Waals surface area contributed by atoms with E-state index in [9.17, 15) is 0 Å². The van der Waals surface area contributed by atoms with Gasteiger partial charge in [0.1, 0.15) is 0 Å². The van der Waals surface area contributed by atoms with Crippen LogP contribution in [0.4, 0.5) is 0 Å². The van der Waals surface area contributed by atoms with Crippen LogP contribution in [0.25, 0.3) is 22.3 Å². The molecule has 3 rings (SSSR count). The Hall–Kier alpha value is -1.91. The largest absolute Gasteiger partial charge is 0.0752 e. The summed E-state index contributed by atoms with van der Waals surface area (Å²) in [4.78, 5) is 0. The Morgan fingerprint density at radius 1 is 0.632 bits per heavy atom. The molecule has 0 aliphatic carbocycles. The van der Waals surface area contributed by atoms with Gasteiger partial charge in [0.25, 0.3) is 0 Å². The quantitative estimate of drug-likeness (QED) is 0.538. The van der Waals surface area contributed by atoms with E-state index in [0.29, 0.717) is 0 Å². The molecule has 92 valence electrons. The SMILES string of the molecule is Cc1ccc(-c2cpcc(-c3ccccc3)c2)cc1. The Morgan fingerprint density at radius 2 is 1.21 bits per heavy atom. The third kappa shape index (κ3) is 2.75. The predicted molar refractivity (Wildman–Crippen MR) is 84.6 cm³/mol. The van der Waals surface area contributed by atoms with E-state index in [-0.39, 0.29) is 0 Å². The minimum atomic E-state index is 1.25. The van der Waals surface area contributed by atoms with Crippen LogP contribution in [0.5, 0.6) is 0 Å². The van der Waals surface area contributed by atoms with Crippen LogP contribution in [-0.4, -0.2) is 0 Å². The Bertz CT molecular complexity index is 670. The summed E-state index contributed by atoms with van der Waals surface area (Å²) in [6.45, 7) is 2.12. The molecule has 0 aliphatic rings. The average molecular weight is 262 g/mol. The second-order valence-corrected chi connectivity index (χ2v) is 5.51. The highest BCUT2D eigenvalue weighted by molar-refractivity contribution is 7.28. The minimum absolute atomic E-state index is 1.25. The van der Waals surface area contributed by atoms with Gasteiger partial charge in [0.2, 0.25) is 0 Å². The zero-order valence-corrected chi connectivity index (χ0v) is 11.8. The molecule has 19 heavy (non-hydrogen) atoms. The van der Waals surface area contributed by atoms with Crippen molar-refractivity contribution < 1.29 is 0 Å². The van der Waals surface area contributed by atoms with Crippen molar-refractivity contribution in [3.05, 3.63) is 77.8 Å². The molecule has 0 radical (unpaired) electrons. The fourth-order valence-corrected chi connectivity index (χ4v) is 2.98. The van der Waals surface area contributed by atoms with Crippen LogP contribution < -0.4 is 0 Å². The zero-order chi connectivity index (χ0) is 13.1. The lowest BCUT2D eigenvalue weighted by Crippen LogP contribution is -1.79. The van der Waals surface area contributed by atoms with E-state index in [1.54, 1.807) is 0 Å². The number of aryl methyl sites for hydroxylation is 1. The van der Waals surface area contributed by atoms with Gasteiger partial charge in [-0.05, 0) is 46.8 Å². The van der Waals surface area contributed by atoms with Gasteiger partial charge < -0.3 is 0 Å². The molecule has 0 fully saturated rings. The first-order valence-electron chi connectivity index (χ1n) is 6.40. The minimum Gasteiger partial charge on any atom is -0.0752 e. The Kier molecular flexibility index (Phi) is 3.44. The highest BCUT2D eigenvalue weighted by atomic mass is 31.0. The summed E-state index contributed by atoms with van der Waals surface area (Å²) >= 11 is 0. The molecule has 1 heteroatoms. The van der Waals surface area contributed by atoms with E-state index < -0.39 is 0 Å². The number of hydrogen-bond donors (Lipinski definition) is 0. The summed E-state index contributed by atoms with van der Waals surface area (Å²) in [5, 5.41) is 0. The van der Waals surface area contributed by atoms with Gasteiger partial charge in [0.15, 0.2) is 0 Å². The van der Waals surface area contributed by atoms with Crippen LogP contribution in [-0.2, 0) is 0 Å². The molecule has 0 saturated heterocycles. The highest BCUT2D eigenvalue weighted by Crippen LogP contribution is 2.30. The predicted octanol–water partition coefficient (Wildman–Crippen LogP) is 5.91. The first-order chi connectivity index (χ1) is 9.33.